The standard InChI is InChI=1S/C29H30BrN5O/c30-25-6-8-26(9-7-25)35-13-3-12-33(14-15-35)19-23-16-24-20-34(18-22-4-1-10-31-17-22)21-36-29(24)28-27(23)5-2-11-32-28/h1-2,4-11,16-17H,3,12-15,18-21H2. The predicted octanol–water partition coefficient (Wildman–Crippen LogP) is 5.46. The Kier molecular flexibility index (Phi) is 6.86. The molecule has 6 nitrogen and oxygen atoms in total. The number of anilines is 1. The lowest BCUT2D eigenvalue weighted by atomic mass is 10.0. The highest BCUT2D eigenvalue weighted by Crippen LogP contribution is 2.35. The van der Waals surface area contributed by atoms with Crippen LogP contribution in [0, 0.1) is 0 Å². The van der Waals surface area contributed by atoms with Gasteiger partial charge in [0.05, 0.1) is 0 Å². The summed E-state index contributed by atoms with van der Waals surface area (Å²) in [7, 11) is 0. The van der Waals surface area contributed by atoms with Crippen molar-refractivity contribution in [3.05, 3.63) is 94.4 Å². The maximum Gasteiger partial charge on any atom is 0.152 e. The summed E-state index contributed by atoms with van der Waals surface area (Å²) in [4.78, 5) is 16.4. The molecule has 0 N–H and O–H groups in total. The van der Waals surface area contributed by atoms with Crippen molar-refractivity contribution < 1.29 is 4.74 Å². The van der Waals surface area contributed by atoms with E-state index in [1.807, 2.05) is 30.7 Å². The molecule has 0 aliphatic carbocycles. The van der Waals surface area contributed by atoms with Crippen molar-refractivity contribution in [1.82, 2.24) is 19.8 Å². The van der Waals surface area contributed by atoms with E-state index in [9.17, 15) is 0 Å². The largest absolute Gasteiger partial charge is 0.475 e. The highest BCUT2D eigenvalue weighted by molar-refractivity contribution is 9.10. The fourth-order valence-electron chi connectivity index (χ4n) is 5.33. The zero-order valence-corrected chi connectivity index (χ0v) is 21.9. The molecule has 0 saturated carbocycles. The molecule has 0 spiro atoms. The first-order valence-electron chi connectivity index (χ1n) is 12.6. The zero-order chi connectivity index (χ0) is 24.3. The minimum atomic E-state index is 0.560. The van der Waals surface area contributed by atoms with Crippen LogP contribution in [0.2, 0.25) is 0 Å². The van der Waals surface area contributed by atoms with E-state index in [1.54, 1.807) is 0 Å². The number of hydrogen-bond acceptors (Lipinski definition) is 6. The second kappa shape index (κ2) is 10.5. The average Bonchev–Trinajstić information content (AvgIpc) is 3.15. The first kappa shape index (κ1) is 23.4. The summed E-state index contributed by atoms with van der Waals surface area (Å²) < 4.78 is 7.40. The molecule has 0 unspecified atom stereocenters. The van der Waals surface area contributed by atoms with Crippen LogP contribution in [0.3, 0.4) is 0 Å². The van der Waals surface area contributed by atoms with Gasteiger partial charge in [0.25, 0.3) is 0 Å². The van der Waals surface area contributed by atoms with Crippen LogP contribution in [-0.4, -0.2) is 52.7 Å². The third-order valence-corrected chi connectivity index (χ3v) is 7.63. The predicted molar refractivity (Wildman–Crippen MR) is 147 cm³/mol. The third-order valence-electron chi connectivity index (χ3n) is 7.10. The minimum absolute atomic E-state index is 0.560. The van der Waals surface area contributed by atoms with Crippen molar-refractivity contribution in [3.63, 3.8) is 0 Å². The normalized spacial score (nSPS) is 17.0. The van der Waals surface area contributed by atoms with Gasteiger partial charge in [0.2, 0.25) is 0 Å². The fourth-order valence-corrected chi connectivity index (χ4v) is 5.60. The summed E-state index contributed by atoms with van der Waals surface area (Å²) >= 11 is 3.55. The molecule has 0 amide bonds. The molecule has 4 aromatic rings. The summed E-state index contributed by atoms with van der Waals surface area (Å²) in [6.45, 7) is 7.40. The van der Waals surface area contributed by atoms with Crippen LogP contribution >= 0.6 is 15.9 Å². The van der Waals surface area contributed by atoms with Gasteiger partial charge in [-0.2, -0.15) is 0 Å². The van der Waals surface area contributed by atoms with Crippen molar-refractivity contribution >= 4 is 32.5 Å². The summed E-state index contributed by atoms with van der Waals surface area (Å²) in [5.41, 5.74) is 6.04. The van der Waals surface area contributed by atoms with E-state index in [0.717, 1.165) is 68.0 Å². The third kappa shape index (κ3) is 5.09. The second-order valence-electron chi connectivity index (χ2n) is 9.64. The Labute approximate surface area is 220 Å². The Balaban J connectivity index is 1.21. The van der Waals surface area contributed by atoms with Crippen molar-refractivity contribution in [3.8, 4) is 5.75 Å². The molecule has 0 bridgehead atoms. The summed E-state index contributed by atoms with van der Waals surface area (Å²) in [5.74, 6) is 0.939. The molecular weight excluding hydrogens is 514 g/mol. The van der Waals surface area contributed by atoms with E-state index in [2.05, 4.69) is 78.1 Å². The van der Waals surface area contributed by atoms with Gasteiger partial charge < -0.3 is 9.64 Å². The number of halogens is 1. The van der Waals surface area contributed by atoms with Gasteiger partial charge in [-0.25, -0.2) is 0 Å². The molecule has 7 heteroatoms. The molecule has 4 heterocycles. The molecule has 2 aliphatic rings. The van der Waals surface area contributed by atoms with Gasteiger partial charge in [-0.15, -0.1) is 0 Å². The van der Waals surface area contributed by atoms with Crippen molar-refractivity contribution in [2.24, 2.45) is 0 Å². The zero-order valence-electron chi connectivity index (χ0n) is 20.3. The van der Waals surface area contributed by atoms with Crippen LogP contribution in [0.25, 0.3) is 10.9 Å². The highest BCUT2D eigenvalue weighted by Gasteiger charge is 2.24. The summed E-state index contributed by atoms with van der Waals surface area (Å²) in [5, 5.41) is 1.20. The molecule has 2 aromatic heterocycles. The van der Waals surface area contributed by atoms with Gasteiger partial charge in [0.1, 0.15) is 12.2 Å². The maximum absolute atomic E-state index is 6.28. The Bertz CT molecular complexity index is 1330. The number of hydrogen-bond donors (Lipinski definition) is 0. The van der Waals surface area contributed by atoms with Crippen LogP contribution in [0.5, 0.6) is 5.75 Å². The molecule has 0 radical (unpaired) electrons. The van der Waals surface area contributed by atoms with E-state index in [0.29, 0.717) is 6.73 Å². The van der Waals surface area contributed by atoms with Crippen LogP contribution in [0.15, 0.2) is 77.7 Å². The van der Waals surface area contributed by atoms with Gasteiger partial charge in [-0.1, -0.05) is 28.1 Å². The number of pyridine rings is 2. The smallest absolute Gasteiger partial charge is 0.152 e. The van der Waals surface area contributed by atoms with E-state index >= 15 is 0 Å². The number of fused-ring (bicyclic) bond motifs is 3. The van der Waals surface area contributed by atoms with Crippen LogP contribution in [-0.2, 0) is 19.6 Å². The Morgan fingerprint density at radius 2 is 1.78 bits per heavy atom. The topological polar surface area (TPSA) is 44.7 Å². The van der Waals surface area contributed by atoms with E-state index in [4.69, 9.17) is 9.72 Å². The molecule has 0 atom stereocenters. The van der Waals surface area contributed by atoms with Gasteiger partial charge in [0.15, 0.2) is 5.75 Å². The number of aromatic nitrogens is 2. The first-order valence-corrected chi connectivity index (χ1v) is 13.4. The second-order valence-corrected chi connectivity index (χ2v) is 10.6. The van der Waals surface area contributed by atoms with E-state index in [-0.39, 0.29) is 0 Å². The van der Waals surface area contributed by atoms with Crippen molar-refractivity contribution in [2.45, 2.75) is 26.1 Å². The van der Waals surface area contributed by atoms with Gasteiger partial charge in [-0.3, -0.25) is 19.8 Å². The number of rotatable bonds is 5. The highest BCUT2D eigenvalue weighted by atomic mass is 79.9. The fraction of sp³-hybridized carbons (Fsp3) is 0.310. The molecular formula is C29H30BrN5O. The minimum Gasteiger partial charge on any atom is -0.475 e. The molecule has 2 aromatic carbocycles. The van der Waals surface area contributed by atoms with Crippen molar-refractivity contribution in [2.75, 3.05) is 37.8 Å². The summed E-state index contributed by atoms with van der Waals surface area (Å²) in [6.07, 6.45) is 6.77. The van der Waals surface area contributed by atoms with E-state index in [1.165, 1.54) is 27.8 Å². The molecule has 6 rings (SSSR count). The van der Waals surface area contributed by atoms with Gasteiger partial charge in [-0.05, 0) is 60.0 Å². The molecule has 1 fully saturated rings. The number of nitrogens with zero attached hydrogens (tertiary/aromatic N) is 5. The summed E-state index contributed by atoms with van der Waals surface area (Å²) in [6, 6.07) is 19.4. The first-order chi connectivity index (χ1) is 17.7. The van der Waals surface area contributed by atoms with Crippen LogP contribution < -0.4 is 9.64 Å². The number of benzene rings is 2. The average molecular weight is 544 g/mol. The molecule has 1 saturated heterocycles. The molecule has 36 heavy (non-hydrogen) atoms. The molecule has 184 valence electrons. The van der Waals surface area contributed by atoms with Gasteiger partial charge in [0, 0.05) is 85.5 Å². The van der Waals surface area contributed by atoms with Crippen molar-refractivity contribution in [1.29, 1.82) is 0 Å². The lowest BCUT2D eigenvalue weighted by Gasteiger charge is -2.30. The maximum atomic E-state index is 6.28. The van der Waals surface area contributed by atoms with E-state index < -0.39 is 0 Å². The lowest BCUT2D eigenvalue weighted by molar-refractivity contribution is 0.0899. The Morgan fingerprint density at radius 3 is 2.64 bits per heavy atom. The lowest BCUT2D eigenvalue weighted by Crippen LogP contribution is -2.32. The van der Waals surface area contributed by atoms with Crippen LogP contribution in [0.4, 0.5) is 5.69 Å². The Morgan fingerprint density at radius 1 is 0.889 bits per heavy atom. The quantitative estimate of drug-likeness (QED) is 0.333. The van der Waals surface area contributed by atoms with Gasteiger partial charge >= 0.3 is 0 Å². The van der Waals surface area contributed by atoms with Crippen LogP contribution in [0.1, 0.15) is 23.1 Å². The Hall–Kier alpha value is -3.00. The monoisotopic (exact) mass is 543 g/mol. The SMILES string of the molecule is Brc1ccc(N2CCCN(Cc3cc4c(c5ncccc35)OCN(Cc3cccnc3)C4)CC2)cc1. The number of ether oxygens (including phenoxy) is 1. The molecule has 2 aliphatic heterocycles.